The second kappa shape index (κ2) is 10.7. The Bertz CT molecular complexity index is 1360. The molecule has 0 aliphatic heterocycles. The number of alkyl halides is 3. The molecule has 0 saturated carbocycles. The number of thiazole rings is 1. The maximum atomic E-state index is 12.8. The van der Waals surface area contributed by atoms with Gasteiger partial charge in [0.05, 0.1) is 28.3 Å². The van der Waals surface area contributed by atoms with Crippen LogP contribution in [-0.4, -0.2) is 22.1 Å². The number of aromatic nitrogens is 2. The average Bonchev–Trinajstić information content (AvgIpc) is 3.36. The first kappa shape index (κ1) is 25.8. The molecule has 0 atom stereocenters. The fraction of sp³-hybridized carbons (Fsp3) is 0.333. The number of aryl methyl sites for hydroxylation is 2. The van der Waals surface area contributed by atoms with Crippen molar-refractivity contribution in [1.82, 2.24) is 9.55 Å². The zero-order valence-corrected chi connectivity index (χ0v) is 21.1. The molecule has 0 fully saturated rings. The van der Waals surface area contributed by atoms with E-state index in [4.69, 9.17) is 9.47 Å². The van der Waals surface area contributed by atoms with Crippen molar-refractivity contribution in [1.29, 1.82) is 0 Å². The van der Waals surface area contributed by atoms with Gasteiger partial charge in [-0.15, -0.1) is 11.3 Å². The summed E-state index contributed by atoms with van der Waals surface area (Å²) in [6, 6.07) is 10.7. The number of unbranched alkanes of at least 4 members (excludes halogenated alkanes) is 1. The number of hydrogen-bond donors (Lipinski definition) is 0. The Morgan fingerprint density at radius 3 is 2.56 bits per heavy atom. The number of halogens is 3. The molecule has 36 heavy (non-hydrogen) atoms. The van der Waals surface area contributed by atoms with Gasteiger partial charge in [-0.05, 0) is 50.1 Å². The van der Waals surface area contributed by atoms with Crippen LogP contribution in [0.25, 0.3) is 21.5 Å². The Kier molecular flexibility index (Phi) is 7.68. The van der Waals surface area contributed by atoms with E-state index in [9.17, 15) is 18.0 Å². The molecule has 0 aliphatic rings. The predicted octanol–water partition coefficient (Wildman–Crippen LogP) is 7.32. The van der Waals surface area contributed by atoms with Gasteiger partial charge in [-0.25, -0.2) is 4.98 Å². The van der Waals surface area contributed by atoms with Crippen LogP contribution in [0.5, 0.6) is 5.75 Å². The summed E-state index contributed by atoms with van der Waals surface area (Å²) >= 11 is 1.39. The van der Waals surface area contributed by atoms with Crippen molar-refractivity contribution < 1.29 is 27.4 Å². The second-order valence-electron chi connectivity index (χ2n) is 8.58. The number of ether oxygens (including phenoxy) is 2. The van der Waals surface area contributed by atoms with E-state index in [1.807, 2.05) is 49.7 Å². The zero-order chi connectivity index (χ0) is 25.9. The van der Waals surface area contributed by atoms with Crippen molar-refractivity contribution in [2.24, 2.45) is 0 Å². The van der Waals surface area contributed by atoms with Gasteiger partial charge in [-0.1, -0.05) is 25.5 Å². The minimum Gasteiger partial charge on any atom is -0.488 e. The quantitative estimate of drug-likeness (QED) is 0.173. The summed E-state index contributed by atoms with van der Waals surface area (Å²) in [4.78, 5) is 17.6. The van der Waals surface area contributed by atoms with Gasteiger partial charge >= 0.3 is 12.1 Å². The highest BCUT2D eigenvalue weighted by atomic mass is 32.1. The average molecular weight is 517 g/mol. The van der Waals surface area contributed by atoms with Crippen LogP contribution < -0.4 is 4.74 Å². The van der Waals surface area contributed by atoms with Gasteiger partial charge in [0, 0.05) is 23.2 Å². The van der Waals surface area contributed by atoms with Gasteiger partial charge in [0.15, 0.2) is 0 Å². The lowest BCUT2D eigenvalue weighted by Crippen LogP contribution is -2.13. The number of benzene rings is 2. The van der Waals surface area contributed by atoms with Crippen molar-refractivity contribution >= 4 is 28.2 Å². The first-order chi connectivity index (χ1) is 17.2. The van der Waals surface area contributed by atoms with Crippen molar-refractivity contribution in [3.8, 4) is 16.3 Å². The highest BCUT2D eigenvalue weighted by Crippen LogP contribution is 2.33. The van der Waals surface area contributed by atoms with Gasteiger partial charge in [-0.3, -0.25) is 4.79 Å². The van der Waals surface area contributed by atoms with Crippen LogP contribution in [0.15, 0.2) is 48.7 Å². The van der Waals surface area contributed by atoms with E-state index in [0.29, 0.717) is 22.9 Å². The molecule has 0 amide bonds. The molecule has 0 radical (unpaired) electrons. The summed E-state index contributed by atoms with van der Waals surface area (Å²) in [5.41, 5.74) is 2.64. The van der Waals surface area contributed by atoms with E-state index >= 15 is 0 Å². The monoisotopic (exact) mass is 516 g/mol. The minimum atomic E-state index is -4.37. The molecule has 9 heteroatoms. The molecule has 4 rings (SSSR count). The first-order valence-electron chi connectivity index (χ1n) is 11.7. The number of carbonyl (C=O) groups is 1. The third-order valence-corrected chi connectivity index (χ3v) is 7.02. The van der Waals surface area contributed by atoms with Crippen LogP contribution in [0.1, 0.15) is 41.5 Å². The molecular formula is C27H27F3N2O3S. The molecule has 190 valence electrons. The third kappa shape index (κ3) is 5.90. The largest absolute Gasteiger partial charge is 0.488 e. The molecule has 2 aromatic heterocycles. The van der Waals surface area contributed by atoms with Gasteiger partial charge in [0.25, 0.3) is 0 Å². The van der Waals surface area contributed by atoms with Crippen molar-refractivity contribution in [2.45, 2.75) is 52.9 Å². The fourth-order valence-electron chi connectivity index (χ4n) is 3.83. The van der Waals surface area contributed by atoms with Crippen LogP contribution in [-0.2, 0) is 28.9 Å². The Hall–Kier alpha value is -3.33. The SMILES string of the molecule is CCCCOC(=O)Cn1cc(C)c2ccc(OCc3sc(-c4ccc(C(F)(F)F)cc4)nc3C)cc21. The van der Waals surface area contributed by atoms with E-state index in [0.717, 1.165) is 52.0 Å². The van der Waals surface area contributed by atoms with Crippen LogP contribution in [0.4, 0.5) is 13.2 Å². The lowest BCUT2D eigenvalue weighted by molar-refractivity contribution is -0.144. The minimum absolute atomic E-state index is 0.127. The lowest BCUT2D eigenvalue weighted by atomic mass is 10.1. The molecule has 4 aromatic rings. The first-order valence-corrected chi connectivity index (χ1v) is 12.5. The topological polar surface area (TPSA) is 53.4 Å². The van der Waals surface area contributed by atoms with Crippen LogP contribution in [0.2, 0.25) is 0 Å². The maximum absolute atomic E-state index is 12.8. The summed E-state index contributed by atoms with van der Waals surface area (Å²) in [5.74, 6) is 0.368. The molecule has 0 aliphatic carbocycles. The molecule has 0 spiro atoms. The van der Waals surface area contributed by atoms with E-state index in [1.165, 1.54) is 23.5 Å². The van der Waals surface area contributed by atoms with E-state index in [2.05, 4.69) is 4.98 Å². The Balaban J connectivity index is 1.47. The number of esters is 1. The van der Waals surface area contributed by atoms with Crippen LogP contribution >= 0.6 is 11.3 Å². The number of nitrogens with zero attached hydrogens (tertiary/aromatic N) is 2. The molecule has 0 saturated heterocycles. The van der Waals surface area contributed by atoms with Gasteiger partial charge in [0.2, 0.25) is 0 Å². The predicted molar refractivity (Wildman–Crippen MR) is 134 cm³/mol. The van der Waals surface area contributed by atoms with Crippen LogP contribution in [0.3, 0.4) is 0 Å². The molecular weight excluding hydrogens is 489 g/mol. The Labute approximate surface area is 211 Å². The molecule has 0 unspecified atom stereocenters. The molecule has 0 N–H and O–H groups in total. The number of fused-ring (bicyclic) bond motifs is 1. The van der Waals surface area contributed by atoms with Crippen molar-refractivity contribution in [2.75, 3.05) is 6.61 Å². The Morgan fingerprint density at radius 2 is 1.86 bits per heavy atom. The summed E-state index contributed by atoms with van der Waals surface area (Å²) in [6.45, 7) is 6.71. The number of carbonyl (C=O) groups excluding carboxylic acids is 1. The molecule has 2 heterocycles. The Morgan fingerprint density at radius 1 is 1.11 bits per heavy atom. The van der Waals surface area contributed by atoms with E-state index < -0.39 is 11.7 Å². The van der Waals surface area contributed by atoms with Crippen molar-refractivity contribution in [3.05, 3.63) is 70.4 Å². The van der Waals surface area contributed by atoms with E-state index in [-0.39, 0.29) is 19.1 Å². The normalized spacial score (nSPS) is 11.7. The molecule has 5 nitrogen and oxygen atoms in total. The van der Waals surface area contributed by atoms with Gasteiger partial charge in [0.1, 0.15) is 23.9 Å². The van der Waals surface area contributed by atoms with Gasteiger partial charge in [-0.2, -0.15) is 13.2 Å². The second-order valence-corrected chi connectivity index (χ2v) is 9.67. The van der Waals surface area contributed by atoms with Crippen molar-refractivity contribution in [3.63, 3.8) is 0 Å². The van der Waals surface area contributed by atoms with Crippen LogP contribution in [0, 0.1) is 13.8 Å². The number of hydrogen-bond acceptors (Lipinski definition) is 5. The summed E-state index contributed by atoms with van der Waals surface area (Å²) in [7, 11) is 0. The summed E-state index contributed by atoms with van der Waals surface area (Å²) < 4.78 is 51.7. The summed E-state index contributed by atoms with van der Waals surface area (Å²) in [5, 5.41) is 1.67. The number of rotatable bonds is 9. The smallest absolute Gasteiger partial charge is 0.416 e. The fourth-order valence-corrected chi connectivity index (χ4v) is 4.81. The summed E-state index contributed by atoms with van der Waals surface area (Å²) in [6.07, 6.45) is -0.637. The highest BCUT2D eigenvalue weighted by molar-refractivity contribution is 7.15. The van der Waals surface area contributed by atoms with Gasteiger partial charge < -0.3 is 14.0 Å². The standard InChI is InChI=1S/C27H27F3N2O3S/c1-4-5-12-34-25(33)15-32-14-17(2)22-11-10-21(13-23(22)32)35-16-24-18(3)31-26(36-24)19-6-8-20(9-7-19)27(28,29)30/h6-11,13-14H,4-5,12,15-16H2,1-3H3. The lowest BCUT2D eigenvalue weighted by Gasteiger charge is -2.09. The zero-order valence-electron chi connectivity index (χ0n) is 20.3. The molecule has 0 bridgehead atoms. The maximum Gasteiger partial charge on any atom is 0.416 e. The van der Waals surface area contributed by atoms with E-state index in [1.54, 1.807) is 0 Å². The molecule has 2 aromatic carbocycles. The highest BCUT2D eigenvalue weighted by Gasteiger charge is 2.30. The third-order valence-electron chi connectivity index (χ3n) is 5.84.